The molecule has 1 aromatic carbocycles. The number of rotatable bonds is 5. The van der Waals surface area contributed by atoms with Crippen molar-refractivity contribution in [3.8, 4) is 0 Å². The van der Waals surface area contributed by atoms with Crippen LogP contribution in [0.1, 0.15) is 23.8 Å². The zero-order valence-corrected chi connectivity index (χ0v) is 15.2. The van der Waals surface area contributed by atoms with Crippen LogP contribution in [0, 0.1) is 0 Å². The minimum absolute atomic E-state index is 0.475. The summed E-state index contributed by atoms with van der Waals surface area (Å²) < 4.78 is 0. The van der Waals surface area contributed by atoms with E-state index in [1.54, 1.807) is 4.90 Å². The number of quaternary nitrogens is 1. The summed E-state index contributed by atoms with van der Waals surface area (Å²) in [7, 11) is 0. The van der Waals surface area contributed by atoms with Gasteiger partial charge >= 0.3 is 0 Å². The van der Waals surface area contributed by atoms with Gasteiger partial charge in [-0.05, 0) is 47.9 Å². The summed E-state index contributed by atoms with van der Waals surface area (Å²) in [6.45, 7) is 3.36. The Morgan fingerprint density at radius 2 is 1.96 bits per heavy atom. The highest BCUT2D eigenvalue weighted by Crippen LogP contribution is 2.17. The number of halogens is 1. The summed E-state index contributed by atoms with van der Waals surface area (Å²) in [4.78, 5) is 3.10. The molecule has 0 radical (unpaired) electrons. The van der Waals surface area contributed by atoms with Crippen LogP contribution in [0.4, 0.5) is 5.69 Å². The minimum atomic E-state index is 0.475. The van der Waals surface area contributed by atoms with Gasteiger partial charge in [0.1, 0.15) is 6.04 Å². The molecular formula is C17H21ClN3S2+. The Bertz CT molecular complexity index is 622. The van der Waals surface area contributed by atoms with Crippen molar-refractivity contribution in [2.75, 3.05) is 25.0 Å². The lowest BCUT2D eigenvalue weighted by molar-refractivity contribution is -0.918. The third-order valence-electron chi connectivity index (χ3n) is 4.19. The van der Waals surface area contributed by atoms with Crippen LogP contribution >= 0.6 is 35.2 Å². The van der Waals surface area contributed by atoms with Crippen LogP contribution in [0.15, 0.2) is 41.8 Å². The Balaban J connectivity index is 1.57. The number of thiophene rings is 1. The predicted molar refractivity (Wildman–Crippen MR) is 103 cm³/mol. The number of anilines is 1. The van der Waals surface area contributed by atoms with Gasteiger partial charge in [-0.1, -0.05) is 17.7 Å². The SMILES string of the molecule is S=C(NC[C@H](c1cccs1)[NH+]1CCCC1)Nc1ccc(Cl)cc1. The smallest absolute Gasteiger partial charge is 0.171 e. The van der Waals surface area contributed by atoms with Gasteiger partial charge < -0.3 is 15.5 Å². The quantitative estimate of drug-likeness (QED) is 0.710. The number of likely N-dealkylation sites (tertiary alicyclic amines) is 1. The molecule has 1 fully saturated rings. The summed E-state index contributed by atoms with van der Waals surface area (Å²) in [5.74, 6) is 0. The van der Waals surface area contributed by atoms with Crippen LogP contribution < -0.4 is 15.5 Å². The molecule has 0 spiro atoms. The van der Waals surface area contributed by atoms with Crippen LogP contribution in [0.3, 0.4) is 0 Å². The number of hydrogen-bond donors (Lipinski definition) is 3. The van der Waals surface area contributed by atoms with Crippen LogP contribution in [0.2, 0.25) is 5.02 Å². The highest BCUT2D eigenvalue weighted by Gasteiger charge is 2.28. The maximum absolute atomic E-state index is 5.90. The van der Waals surface area contributed by atoms with Gasteiger partial charge in [-0.2, -0.15) is 0 Å². The molecule has 3 nitrogen and oxygen atoms in total. The highest BCUT2D eigenvalue weighted by atomic mass is 35.5. The molecule has 1 aliphatic rings. The number of thiocarbonyl (C=S) groups is 1. The number of nitrogens with one attached hydrogen (secondary N) is 3. The first-order valence-corrected chi connectivity index (χ1v) is 9.57. The van der Waals surface area contributed by atoms with Crippen molar-refractivity contribution in [1.29, 1.82) is 0 Å². The van der Waals surface area contributed by atoms with Crippen molar-refractivity contribution >= 4 is 46.0 Å². The minimum Gasteiger partial charge on any atom is -0.356 e. The van der Waals surface area contributed by atoms with Crippen molar-refractivity contribution < 1.29 is 4.90 Å². The molecular weight excluding hydrogens is 346 g/mol. The Hall–Kier alpha value is -1.14. The summed E-state index contributed by atoms with van der Waals surface area (Å²) >= 11 is 13.2. The van der Waals surface area contributed by atoms with Gasteiger partial charge in [0.05, 0.1) is 24.5 Å². The number of benzene rings is 1. The van der Waals surface area contributed by atoms with Crippen LogP contribution in [0.25, 0.3) is 0 Å². The maximum atomic E-state index is 5.90. The molecule has 0 unspecified atom stereocenters. The van der Waals surface area contributed by atoms with E-state index in [0.29, 0.717) is 11.2 Å². The van der Waals surface area contributed by atoms with E-state index in [0.717, 1.165) is 17.3 Å². The van der Waals surface area contributed by atoms with Crippen molar-refractivity contribution in [3.05, 3.63) is 51.7 Å². The summed E-state index contributed by atoms with van der Waals surface area (Å²) in [5.41, 5.74) is 0.952. The molecule has 6 heteroatoms. The topological polar surface area (TPSA) is 28.5 Å². The number of hydrogen-bond acceptors (Lipinski definition) is 2. The largest absolute Gasteiger partial charge is 0.356 e. The lowest BCUT2D eigenvalue weighted by Crippen LogP contribution is -3.11. The third-order valence-corrected chi connectivity index (χ3v) is 5.68. The fourth-order valence-corrected chi connectivity index (χ4v) is 4.23. The Morgan fingerprint density at radius 3 is 2.61 bits per heavy atom. The van der Waals surface area contributed by atoms with Gasteiger partial charge in [0, 0.05) is 23.6 Å². The molecule has 3 N–H and O–H groups in total. The lowest BCUT2D eigenvalue weighted by atomic mass is 10.2. The molecule has 1 aliphatic heterocycles. The van der Waals surface area contributed by atoms with Crippen molar-refractivity contribution in [3.63, 3.8) is 0 Å². The van der Waals surface area contributed by atoms with Crippen LogP contribution in [-0.4, -0.2) is 24.7 Å². The molecule has 0 aliphatic carbocycles. The second-order valence-corrected chi connectivity index (χ2v) is 7.60. The average Bonchev–Trinajstić information content (AvgIpc) is 3.24. The van der Waals surface area contributed by atoms with E-state index in [1.807, 2.05) is 35.6 Å². The van der Waals surface area contributed by atoms with E-state index in [4.69, 9.17) is 23.8 Å². The summed E-state index contributed by atoms with van der Waals surface area (Å²) in [6.07, 6.45) is 2.65. The average molecular weight is 367 g/mol. The van der Waals surface area contributed by atoms with Crippen LogP contribution in [0.5, 0.6) is 0 Å². The second-order valence-electron chi connectivity index (χ2n) is 5.78. The summed E-state index contributed by atoms with van der Waals surface area (Å²) in [6, 6.07) is 12.4. The van der Waals surface area contributed by atoms with E-state index in [9.17, 15) is 0 Å². The van der Waals surface area contributed by atoms with Gasteiger partial charge in [0.15, 0.2) is 5.11 Å². The molecule has 23 heavy (non-hydrogen) atoms. The predicted octanol–water partition coefficient (Wildman–Crippen LogP) is 3.11. The zero-order valence-electron chi connectivity index (χ0n) is 12.8. The van der Waals surface area contributed by atoms with E-state index in [1.165, 1.54) is 30.8 Å². The lowest BCUT2D eigenvalue weighted by Gasteiger charge is -2.24. The fourth-order valence-electron chi connectivity index (χ4n) is 3.02. The van der Waals surface area contributed by atoms with E-state index in [-0.39, 0.29) is 0 Å². The normalized spacial score (nSPS) is 16.2. The fraction of sp³-hybridized carbons (Fsp3) is 0.353. The third kappa shape index (κ3) is 4.67. The van der Waals surface area contributed by atoms with Crippen molar-refractivity contribution in [2.45, 2.75) is 18.9 Å². The first kappa shape index (κ1) is 16.7. The zero-order chi connectivity index (χ0) is 16.1. The first-order valence-electron chi connectivity index (χ1n) is 7.91. The monoisotopic (exact) mass is 366 g/mol. The molecule has 1 aromatic heterocycles. The molecule has 1 atom stereocenters. The molecule has 0 saturated carbocycles. The Morgan fingerprint density at radius 1 is 1.22 bits per heavy atom. The molecule has 0 amide bonds. The van der Waals surface area contributed by atoms with Gasteiger partial charge in [-0.3, -0.25) is 0 Å². The van der Waals surface area contributed by atoms with E-state index < -0.39 is 0 Å². The standard InChI is InChI=1S/C17H20ClN3S2/c18-13-5-7-14(8-6-13)20-17(22)19-12-15(16-4-3-11-23-16)21-9-1-2-10-21/h3-8,11,15H,1-2,9-10,12H2,(H2,19,20,22)/p+1/t15-/m1/s1. The van der Waals surface area contributed by atoms with Gasteiger partial charge in [0.2, 0.25) is 0 Å². The highest BCUT2D eigenvalue weighted by molar-refractivity contribution is 7.80. The molecule has 2 aromatic rings. The van der Waals surface area contributed by atoms with Gasteiger partial charge in [-0.15, -0.1) is 11.3 Å². The maximum Gasteiger partial charge on any atom is 0.171 e. The van der Waals surface area contributed by atoms with Gasteiger partial charge in [0.25, 0.3) is 0 Å². The molecule has 3 rings (SSSR count). The molecule has 0 bridgehead atoms. The van der Waals surface area contributed by atoms with E-state index >= 15 is 0 Å². The van der Waals surface area contributed by atoms with Crippen molar-refractivity contribution in [2.24, 2.45) is 0 Å². The molecule has 122 valence electrons. The van der Waals surface area contributed by atoms with Gasteiger partial charge in [-0.25, -0.2) is 0 Å². The second kappa shape index (κ2) is 8.11. The Labute approximate surface area is 151 Å². The summed E-state index contributed by atoms with van der Waals surface area (Å²) in [5, 5.41) is 10.1. The van der Waals surface area contributed by atoms with Crippen molar-refractivity contribution in [1.82, 2.24) is 5.32 Å². The molecule has 1 saturated heterocycles. The van der Waals surface area contributed by atoms with E-state index in [2.05, 4.69) is 28.1 Å². The Kier molecular flexibility index (Phi) is 5.89. The van der Waals surface area contributed by atoms with Crippen LogP contribution in [-0.2, 0) is 0 Å². The first-order chi connectivity index (χ1) is 11.2. The molecule has 2 heterocycles.